The van der Waals surface area contributed by atoms with Gasteiger partial charge in [0.1, 0.15) is 11.9 Å². The number of hydrogen-bond donors (Lipinski definition) is 2. The van der Waals surface area contributed by atoms with E-state index in [1.165, 1.54) is 0 Å². The van der Waals surface area contributed by atoms with Crippen molar-refractivity contribution in [2.75, 3.05) is 44.2 Å². The lowest BCUT2D eigenvalue weighted by Crippen LogP contribution is -2.59. The largest absolute Gasteiger partial charge is 0.375 e. The number of carbonyl (C=O) groups excluding carboxylic acids is 2. The minimum absolute atomic E-state index is 0.0676. The van der Waals surface area contributed by atoms with Gasteiger partial charge in [-0.2, -0.15) is 0 Å². The Bertz CT molecular complexity index is 615. The molecule has 3 heterocycles. The molecule has 2 saturated heterocycles. The molecule has 3 N–H and O–H groups in total. The molecule has 0 aromatic carbocycles. The number of pyridine rings is 1. The number of amides is 2. The molecule has 2 aliphatic rings. The van der Waals surface area contributed by atoms with E-state index in [4.69, 9.17) is 10.5 Å². The zero-order chi connectivity index (χ0) is 17.1. The van der Waals surface area contributed by atoms with Crippen LogP contribution in [0.5, 0.6) is 0 Å². The highest BCUT2D eigenvalue weighted by Crippen LogP contribution is 2.19. The minimum atomic E-state index is -0.492. The number of nitrogens with one attached hydrogen (secondary N) is 1. The number of nitrogens with zero attached hydrogens (tertiary/aromatic N) is 3. The van der Waals surface area contributed by atoms with Gasteiger partial charge in [0.2, 0.25) is 5.91 Å². The third-order valence-corrected chi connectivity index (χ3v) is 4.53. The number of nitrogens with two attached hydrogens (primary N) is 1. The first kappa shape index (κ1) is 16.7. The van der Waals surface area contributed by atoms with Crippen molar-refractivity contribution < 1.29 is 14.3 Å². The summed E-state index contributed by atoms with van der Waals surface area (Å²) in [6, 6.07) is 3.08. The highest BCUT2D eigenvalue weighted by atomic mass is 16.5. The molecule has 130 valence electrons. The Morgan fingerprint density at radius 3 is 2.75 bits per heavy atom. The third-order valence-electron chi connectivity index (χ3n) is 4.53. The fraction of sp³-hybridized carbons (Fsp3) is 0.562. The van der Waals surface area contributed by atoms with Crippen LogP contribution in [0.2, 0.25) is 0 Å². The van der Waals surface area contributed by atoms with E-state index in [9.17, 15) is 9.59 Å². The van der Waals surface area contributed by atoms with Gasteiger partial charge in [-0.05, 0) is 19.1 Å². The van der Waals surface area contributed by atoms with Crippen LogP contribution < -0.4 is 16.0 Å². The maximum Gasteiger partial charge on any atom is 0.252 e. The van der Waals surface area contributed by atoms with Crippen molar-refractivity contribution in [1.82, 2.24) is 15.2 Å². The number of morpholine rings is 1. The molecular weight excluding hydrogens is 310 g/mol. The van der Waals surface area contributed by atoms with Crippen molar-refractivity contribution in [1.29, 1.82) is 0 Å². The zero-order valence-electron chi connectivity index (χ0n) is 13.8. The second-order valence-electron chi connectivity index (χ2n) is 6.06. The van der Waals surface area contributed by atoms with Crippen LogP contribution in [0.4, 0.5) is 5.82 Å². The Kier molecular flexibility index (Phi) is 4.96. The SMILES string of the molecule is C[C@H]1OCCN[C@@H]1C(=O)N1CCN(c2ncccc2C(N)=O)CC1. The molecule has 8 nitrogen and oxygen atoms in total. The van der Waals surface area contributed by atoms with Gasteiger partial charge >= 0.3 is 0 Å². The van der Waals surface area contributed by atoms with Gasteiger partial charge in [-0.3, -0.25) is 9.59 Å². The number of hydrogen-bond acceptors (Lipinski definition) is 6. The number of carbonyl (C=O) groups is 2. The molecule has 0 saturated carbocycles. The van der Waals surface area contributed by atoms with Gasteiger partial charge in [-0.15, -0.1) is 0 Å². The van der Waals surface area contributed by atoms with Crippen LogP contribution in [0.25, 0.3) is 0 Å². The van der Waals surface area contributed by atoms with Crippen molar-refractivity contribution in [2.45, 2.75) is 19.1 Å². The molecule has 2 atom stereocenters. The van der Waals surface area contributed by atoms with E-state index in [1.807, 2.05) is 16.7 Å². The Labute approximate surface area is 140 Å². The molecule has 0 aliphatic carbocycles. The summed E-state index contributed by atoms with van der Waals surface area (Å²) in [4.78, 5) is 32.3. The molecule has 1 aromatic heterocycles. The molecule has 2 aliphatic heterocycles. The number of anilines is 1. The fourth-order valence-corrected chi connectivity index (χ4v) is 3.19. The standard InChI is InChI=1S/C16H23N5O3/c1-11-13(18-5-10-24-11)16(23)21-8-6-20(7-9-21)15-12(14(17)22)3-2-4-19-15/h2-4,11,13,18H,5-10H2,1H3,(H2,17,22)/t11-,13+/m1/s1. The quantitative estimate of drug-likeness (QED) is 0.751. The first-order valence-electron chi connectivity index (χ1n) is 8.21. The van der Waals surface area contributed by atoms with Crippen molar-refractivity contribution in [2.24, 2.45) is 5.73 Å². The molecule has 2 amide bonds. The van der Waals surface area contributed by atoms with E-state index in [0.29, 0.717) is 50.7 Å². The van der Waals surface area contributed by atoms with E-state index in [0.717, 1.165) is 0 Å². The summed E-state index contributed by atoms with van der Waals surface area (Å²) in [6.07, 6.45) is 1.52. The van der Waals surface area contributed by atoms with E-state index in [-0.39, 0.29) is 18.1 Å². The van der Waals surface area contributed by atoms with Crippen LogP contribution in [0.1, 0.15) is 17.3 Å². The van der Waals surface area contributed by atoms with E-state index < -0.39 is 5.91 Å². The van der Waals surface area contributed by atoms with Gasteiger partial charge in [0.25, 0.3) is 5.91 Å². The van der Waals surface area contributed by atoms with Crippen LogP contribution in [0.3, 0.4) is 0 Å². The average molecular weight is 333 g/mol. The summed E-state index contributed by atoms with van der Waals surface area (Å²) in [6.45, 7) is 5.63. The van der Waals surface area contributed by atoms with E-state index >= 15 is 0 Å². The third kappa shape index (κ3) is 3.34. The van der Waals surface area contributed by atoms with Gasteiger partial charge in [0.05, 0.1) is 18.3 Å². The van der Waals surface area contributed by atoms with Crippen LogP contribution in [0.15, 0.2) is 18.3 Å². The van der Waals surface area contributed by atoms with Crippen molar-refractivity contribution in [3.05, 3.63) is 23.9 Å². The Morgan fingerprint density at radius 1 is 1.33 bits per heavy atom. The Morgan fingerprint density at radius 2 is 2.08 bits per heavy atom. The highest BCUT2D eigenvalue weighted by molar-refractivity contribution is 5.97. The number of ether oxygens (including phenoxy) is 1. The van der Waals surface area contributed by atoms with Gasteiger partial charge < -0.3 is 25.6 Å². The molecule has 24 heavy (non-hydrogen) atoms. The van der Waals surface area contributed by atoms with Crippen molar-refractivity contribution >= 4 is 17.6 Å². The smallest absolute Gasteiger partial charge is 0.252 e. The molecule has 0 bridgehead atoms. The van der Waals surface area contributed by atoms with Crippen LogP contribution in [0, 0.1) is 0 Å². The first-order chi connectivity index (χ1) is 11.6. The van der Waals surface area contributed by atoms with Crippen LogP contribution >= 0.6 is 0 Å². The summed E-state index contributed by atoms with van der Waals surface area (Å²) in [7, 11) is 0. The molecule has 0 unspecified atom stereocenters. The summed E-state index contributed by atoms with van der Waals surface area (Å²) < 4.78 is 5.55. The molecule has 0 spiro atoms. The van der Waals surface area contributed by atoms with Gasteiger partial charge in [-0.25, -0.2) is 4.98 Å². The van der Waals surface area contributed by atoms with Gasteiger partial charge in [-0.1, -0.05) is 0 Å². The maximum atomic E-state index is 12.7. The summed E-state index contributed by atoms with van der Waals surface area (Å²) in [5.41, 5.74) is 5.83. The lowest BCUT2D eigenvalue weighted by molar-refractivity contribution is -0.139. The lowest BCUT2D eigenvalue weighted by Gasteiger charge is -2.39. The van der Waals surface area contributed by atoms with Crippen molar-refractivity contribution in [3.63, 3.8) is 0 Å². The van der Waals surface area contributed by atoms with Gasteiger partial charge in [0, 0.05) is 38.9 Å². The predicted octanol–water partition coefficient (Wildman–Crippen LogP) is -0.794. The zero-order valence-corrected chi connectivity index (χ0v) is 13.8. The van der Waals surface area contributed by atoms with E-state index in [1.54, 1.807) is 18.3 Å². The Hall–Kier alpha value is -2.19. The molecule has 1 aromatic rings. The predicted molar refractivity (Wildman–Crippen MR) is 88.8 cm³/mol. The number of aromatic nitrogens is 1. The number of piperazine rings is 1. The summed E-state index contributed by atoms with van der Waals surface area (Å²) in [5.74, 6) is 0.163. The normalized spacial score (nSPS) is 24.7. The second kappa shape index (κ2) is 7.14. The lowest BCUT2D eigenvalue weighted by atomic mass is 10.1. The molecule has 0 radical (unpaired) electrons. The van der Waals surface area contributed by atoms with Crippen LogP contribution in [-0.4, -0.2) is 73.2 Å². The molecule has 8 heteroatoms. The second-order valence-corrected chi connectivity index (χ2v) is 6.06. The average Bonchev–Trinajstić information content (AvgIpc) is 2.62. The van der Waals surface area contributed by atoms with E-state index in [2.05, 4.69) is 10.3 Å². The number of rotatable bonds is 3. The van der Waals surface area contributed by atoms with Crippen molar-refractivity contribution in [3.8, 4) is 0 Å². The number of primary amides is 1. The molecular formula is C16H23N5O3. The van der Waals surface area contributed by atoms with Crippen LogP contribution in [-0.2, 0) is 9.53 Å². The maximum absolute atomic E-state index is 12.7. The fourth-order valence-electron chi connectivity index (χ4n) is 3.19. The first-order valence-corrected chi connectivity index (χ1v) is 8.21. The Balaban J connectivity index is 1.64. The highest BCUT2D eigenvalue weighted by Gasteiger charge is 2.33. The monoisotopic (exact) mass is 333 g/mol. The van der Waals surface area contributed by atoms with Gasteiger partial charge in [0.15, 0.2) is 0 Å². The topological polar surface area (TPSA) is 101 Å². The molecule has 2 fully saturated rings. The minimum Gasteiger partial charge on any atom is -0.375 e. The summed E-state index contributed by atoms with van der Waals surface area (Å²) >= 11 is 0. The summed E-state index contributed by atoms with van der Waals surface area (Å²) in [5, 5.41) is 3.23. The molecule has 3 rings (SSSR count).